The molecule has 1 aliphatic heterocycles. The highest BCUT2D eigenvalue weighted by atomic mass is 16.5. The van der Waals surface area contributed by atoms with Crippen molar-refractivity contribution in [3.8, 4) is 0 Å². The predicted octanol–water partition coefficient (Wildman–Crippen LogP) is 4.48. The van der Waals surface area contributed by atoms with Gasteiger partial charge in [-0.15, -0.1) is 6.58 Å². The van der Waals surface area contributed by atoms with Crippen molar-refractivity contribution in [1.82, 2.24) is 55.6 Å². The maximum absolute atomic E-state index is 15.4. The van der Waals surface area contributed by atoms with E-state index in [9.17, 15) is 33.6 Å². The number of likely N-dealkylation sites (N-methyl/N-ethyl adjacent to an activating group) is 7. The fourth-order valence-electron chi connectivity index (χ4n) is 11.1. The molecule has 0 radical (unpaired) electrons. The minimum atomic E-state index is -1.42. The molecule has 0 aromatic heterocycles. The molecule has 1 aliphatic rings. The molecule has 1 fully saturated rings. The molecule has 1 rings (SSSR count). The number of ether oxygens (including phenoxy) is 1. The van der Waals surface area contributed by atoms with Crippen LogP contribution in [0.4, 0.5) is 0 Å². The van der Waals surface area contributed by atoms with Gasteiger partial charge in [-0.25, -0.2) is 0 Å². The molecule has 0 spiro atoms. The van der Waals surface area contributed by atoms with Gasteiger partial charge in [0.2, 0.25) is 65.0 Å². The second-order valence-electron chi connectivity index (χ2n) is 26.7. The van der Waals surface area contributed by atoms with Crippen LogP contribution < -0.4 is 21.3 Å². The Labute approximate surface area is 527 Å². The van der Waals surface area contributed by atoms with E-state index in [2.05, 4.69) is 27.8 Å². The third kappa shape index (κ3) is 22.6. The average Bonchev–Trinajstić information content (AvgIpc) is 3.48. The third-order valence-corrected chi connectivity index (χ3v) is 16.4. The number of allylic oxidation sites excluding steroid dienone is 2. The Balaban J connectivity index is 4.42. The molecule has 0 saturated carbocycles. The molecule has 12 atom stereocenters. The van der Waals surface area contributed by atoms with Gasteiger partial charge in [0, 0.05) is 49.3 Å². The zero-order valence-corrected chi connectivity index (χ0v) is 58.0. The van der Waals surface area contributed by atoms with Crippen molar-refractivity contribution in [3.05, 3.63) is 24.8 Å². The first kappa shape index (κ1) is 79.6. The number of nitrogens with one attached hydrogen (secondary N) is 4. The maximum atomic E-state index is 15.4. The molecule has 23 heteroatoms. The van der Waals surface area contributed by atoms with E-state index in [1.165, 1.54) is 98.7 Å². The number of carbonyl (C=O) groups excluding carboxylic acids is 11. The summed E-state index contributed by atoms with van der Waals surface area (Å²) in [5.41, 5.74) is 0. The van der Waals surface area contributed by atoms with Crippen LogP contribution >= 0.6 is 0 Å². The van der Waals surface area contributed by atoms with Crippen LogP contribution in [0.25, 0.3) is 0 Å². The maximum Gasteiger partial charge on any atom is 0.246 e. The Kier molecular flexibility index (Phi) is 33.4. The zero-order chi connectivity index (χ0) is 68.1. The molecule has 11 amide bonds. The van der Waals surface area contributed by atoms with E-state index in [0.717, 1.165) is 4.90 Å². The van der Waals surface area contributed by atoms with Gasteiger partial charge in [-0.05, 0) is 101 Å². The van der Waals surface area contributed by atoms with Crippen molar-refractivity contribution in [2.24, 2.45) is 41.4 Å². The quantitative estimate of drug-likeness (QED) is 0.139. The molecule has 0 aromatic carbocycles. The standard InChI is InChI=1S/C65H115N11O12/c1-26-29-30-43(16)55(88-31-27-2)54-59(81)68-46(28-3)61(83)70(19)36-51(77)71(20)47(32-37(4)5)58(80)69-52(41(12)13)64(86)72(21)48(33-38(6)7)57(79)66-44(17)56(78)67-45(18)60(82)73(22)49(34-39(8)9)62(84)74(23)50(35-40(10)11)63(85)75(24)53(42(14)15)65(87)76(54)25/h26-27,29,37-50,52-55H,2,28,30-36H2,1,3-25H3,(H,66,79)(H,67,78)(H,68,81)(H,69,80)/b29-26+/t43-,44+,45-,46+,47+,48+,49+,50+,52+,53+,54+,55-/m1/s1. The molecule has 23 nitrogen and oxygen atoms in total. The molecular formula is C65H115N11O12. The van der Waals surface area contributed by atoms with Gasteiger partial charge >= 0.3 is 0 Å². The summed E-state index contributed by atoms with van der Waals surface area (Å²) in [6, 6.07) is -12.0. The number of rotatable bonds is 18. The van der Waals surface area contributed by atoms with E-state index in [1.54, 1.807) is 34.6 Å². The molecule has 0 bridgehead atoms. The summed E-state index contributed by atoms with van der Waals surface area (Å²) in [4.78, 5) is 170. The van der Waals surface area contributed by atoms with Crippen molar-refractivity contribution in [2.75, 3.05) is 62.5 Å². The Bertz CT molecular complexity index is 2410. The van der Waals surface area contributed by atoms with Crippen LogP contribution in [-0.2, 0) is 57.5 Å². The van der Waals surface area contributed by atoms with Gasteiger partial charge in [0.25, 0.3) is 0 Å². The lowest BCUT2D eigenvalue weighted by molar-refractivity contribution is -0.158. The molecule has 0 unspecified atom stereocenters. The Morgan fingerprint density at radius 2 is 0.920 bits per heavy atom. The number of hydrogen-bond acceptors (Lipinski definition) is 12. The molecule has 0 aromatic rings. The molecule has 88 heavy (non-hydrogen) atoms. The van der Waals surface area contributed by atoms with Gasteiger partial charge in [0.1, 0.15) is 60.4 Å². The molecular weight excluding hydrogens is 1130 g/mol. The van der Waals surface area contributed by atoms with Crippen LogP contribution in [0.1, 0.15) is 156 Å². The monoisotopic (exact) mass is 1240 g/mol. The van der Waals surface area contributed by atoms with Crippen LogP contribution in [0.3, 0.4) is 0 Å². The largest absolute Gasteiger partial charge is 0.371 e. The van der Waals surface area contributed by atoms with Gasteiger partial charge in [-0.3, -0.25) is 52.7 Å². The van der Waals surface area contributed by atoms with Crippen LogP contribution in [0, 0.1) is 41.4 Å². The van der Waals surface area contributed by atoms with Gasteiger partial charge in [0.15, 0.2) is 0 Å². The summed E-state index contributed by atoms with van der Waals surface area (Å²) in [6.07, 6.45) is 5.39. The Morgan fingerprint density at radius 3 is 1.38 bits per heavy atom. The summed E-state index contributed by atoms with van der Waals surface area (Å²) in [5.74, 6) is -9.15. The minimum Gasteiger partial charge on any atom is -0.371 e. The van der Waals surface area contributed by atoms with Crippen molar-refractivity contribution in [1.29, 1.82) is 0 Å². The summed E-state index contributed by atoms with van der Waals surface area (Å²) in [7, 11) is 10.1. The van der Waals surface area contributed by atoms with E-state index in [4.69, 9.17) is 4.74 Å². The van der Waals surface area contributed by atoms with E-state index < -0.39 is 156 Å². The van der Waals surface area contributed by atoms with E-state index >= 15 is 19.2 Å². The lowest BCUT2D eigenvalue weighted by Gasteiger charge is -2.42. The van der Waals surface area contributed by atoms with E-state index in [1.807, 2.05) is 81.4 Å². The van der Waals surface area contributed by atoms with E-state index in [0.29, 0.717) is 6.42 Å². The molecule has 1 saturated heterocycles. The average molecular weight is 1240 g/mol. The second-order valence-corrected chi connectivity index (χ2v) is 26.7. The first-order valence-corrected chi connectivity index (χ1v) is 31.6. The fraction of sp³-hybridized carbons (Fsp3) is 0.769. The number of hydrogen-bond donors (Lipinski definition) is 4. The number of amides is 11. The van der Waals surface area contributed by atoms with Crippen molar-refractivity contribution < 1.29 is 57.5 Å². The van der Waals surface area contributed by atoms with Crippen molar-refractivity contribution in [2.45, 2.75) is 223 Å². The number of carbonyl (C=O) groups is 11. The molecule has 1 heterocycles. The fourth-order valence-corrected chi connectivity index (χ4v) is 11.1. The van der Waals surface area contributed by atoms with Crippen LogP contribution in [0.2, 0.25) is 0 Å². The lowest BCUT2D eigenvalue weighted by Crippen LogP contribution is -2.64. The summed E-state index contributed by atoms with van der Waals surface area (Å²) in [5, 5.41) is 11.1. The molecule has 0 aliphatic carbocycles. The lowest BCUT2D eigenvalue weighted by atomic mass is 9.91. The normalized spacial score (nSPS) is 26.3. The summed E-state index contributed by atoms with van der Waals surface area (Å²) in [6.45, 7) is 33.6. The molecule has 502 valence electrons. The predicted molar refractivity (Wildman–Crippen MR) is 342 cm³/mol. The van der Waals surface area contributed by atoms with Crippen LogP contribution in [0.5, 0.6) is 0 Å². The first-order valence-electron chi connectivity index (χ1n) is 31.6. The highest BCUT2D eigenvalue weighted by Gasteiger charge is 2.46. The Hall–Kier alpha value is -6.39. The van der Waals surface area contributed by atoms with Crippen molar-refractivity contribution >= 4 is 65.0 Å². The third-order valence-electron chi connectivity index (χ3n) is 16.4. The Morgan fingerprint density at radius 1 is 0.489 bits per heavy atom. The van der Waals surface area contributed by atoms with Gasteiger partial charge in [-0.1, -0.05) is 115 Å². The van der Waals surface area contributed by atoms with E-state index in [-0.39, 0.29) is 62.4 Å². The number of nitrogens with zero attached hydrogens (tertiary/aromatic N) is 7. The van der Waals surface area contributed by atoms with Gasteiger partial charge in [0.05, 0.1) is 19.3 Å². The topological polar surface area (TPSA) is 268 Å². The first-order chi connectivity index (χ1) is 40.7. The highest BCUT2D eigenvalue weighted by molar-refractivity contribution is 5.99. The summed E-state index contributed by atoms with van der Waals surface area (Å²) < 4.78 is 6.39. The SMILES string of the molecule is C=CCO[C@H]([C@H](C)C/C=C/C)[C@H]1C(=O)N[C@@H](CC)C(=O)N(C)CC(=O)N(C)[C@@H](CC(C)C)C(=O)N[C@@H](C(C)C)C(=O)N(C)[C@@H](CC(C)C)C(=O)N[C@@H](C)C(=O)N[C@H](C)C(=O)N(C)[C@@H](CC(C)C)C(=O)N(C)[C@@H](CC(C)C)C(=O)N(C)[C@@H](C(C)C)C(=O)N1C. The smallest absolute Gasteiger partial charge is 0.246 e. The second kappa shape index (κ2) is 36.9. The molecule has 4 N–H and O–H groups in total. The van der Waals surface area contributed by atoms with Gasteiger partial charge < -0.3 is 60.3 Å². The summed E-state index contributed by atoms with van der Waals surface area (Å²) >= 11 is 0. The zero-order valence-electron chi connectivity index (χ0n) is 58.0. The van der Waals surface area contributed by atoms with Crippen LogP contribution in [-0.4, -0.2) is 228 Å². The minimum absolute atomic E-state index is 0.0156. The van der Waals surface area contributed by atoms with Crippen molar-refractivity contribution in [3.63, 3.8) is 0 Å². The van der Waals surface area contributed by atoms with Gasteiger partial charge in [-0.2, -0.15) is 0 Å². The van der Waals surface area contributed by atoms with Crippen LogP contribution in [0.15, 0.2) is 24.8 Å². The highest BCUT2D eigenvalue weighted by Crippen LogP contribution is 2.27.